The third kappa shape index (κ3) is 2.54. The number of aromatic nitrogens is 3. The van der Waals surface area contributed by atoms with Crippen molar-refractivity contribution < 1.29 is 0 Å². The van der Waals surface area contributed by atoms with E-state index in [0.717, 1.165) is 21.4 Å². The Morgan fingerprint density at radius 3 is 2.61 bits per heavy atom. The van der Waals surface area contributed by atoms with E-state index >= 15 is 0 Å². The van der Waals surface area contributed by atoms with Crippen LogP contribution in [0.25, 0.3) is 11.5 Å². The Morgan fingerprint density at radius 2 is 2.00 bits per heavy atom. The highest BCUT2D eigenvalue weighted by atomic mass is 79.9. The van der Waals surface area contributed by atoms with Gasteiger partial charge in [0.2, 0.25) is 0 Å². The van der Waals surface area contributed by atoms with Crippen molar-refractivity contribution in [3.05, 3.63) is 39.2 Å². The van der Waals surface area contributed by atoms with Crippen LogP contribution in [0.15, 0.2) is 22.8 Å². The van der Waals surface area contributed by atoms with Gasteiger partial charge in [-0.05, 0) is 40.4 Å². The van der Waals surface area contributed by atoms with Crippen LogP contribution in [0.5, 0.6) is 0 Å². The number of hydrogen-bond donors (Lipinski definition) is 0. The van der Waals surface area contributed by atoms with E-state index in [1.807, 2.05) is 19.1 Å². The van der Waals surface area contributed by atoms with E-state index in [0.29, 0.717) is 11.0 Å². The molecule has 3 nitrogen and oxygen atoms in total. The molecule has 2 heterocycles. The molecule has 18 heavy (non-hydrogen) atoms. The first-order chi connectivity index (χ1) is 8.50. The Kier molecular flexibility index (Phi) is 3.97. The summed E-state index contributed by atoms with van der Waals surface area (Å²) in [5.41, 5.74) is 2.70. The molecule has 0 spiro atoms. The third-order valence-electron chi connectivity index (χ3n) is 2.60. The molecule has 0 saturated heterocycles. The van der Waals surface area contributed by atoms with E-state index in [1.54, 1.807) is 6.20 Å². The molecular formula is C13H13BrClN3. The van der Waals surface area contributed by atoms with Crippen molar-refractivity contribution in [3.63, 3.8) is 0 Å². The van der Waals surface area contributed by atoms with Gasteiger partial charge in [-0.15, -0.1) is 0 Å². The largest absolute Gasteiger partial charge is 0.253 e. The van der Waals surface area contributed by atoms with E-state index in [9.17, 15) is 0 Å². The van der Waals surface area contributed by atoms with Crippen LogP contribution in [0.4, 0.5) is 0 Å². The molecule has 0 saturated carbocycles. The highest BCUT2D eigenvalue weighted by Gasteiger charge is 2.16. The summed E-state index contributed by atoms with van der Waals surface area (Å²) in [4.78, 5) is 13.2. The monoisotopic (exact) mass is 325 g/mol. The molecule has 2 rings (SSSR count). The van der Waals surface area contributed by atoms with Gasteiger partial charge in [-0.1, -0.05) is 31.5 Å². The van der Waals surface area contributed by atoms with Gasteiger partial charge in [-0.2, -0.15) is 0 Å². The summed E-state index contributed by atoms with van der Waals surface area (Å²) >= 11 is 9.57. The lowest BCUT2D eigenvalue weighted by Crippen LogP contribution is -2.02. The summed E-state index contributed by atoms with van der Waals surface area (Å²) in [5, 5.41) is 0.425. The average Bonchev–Trinajstić information content (AvgIpc) is 2.33. The maximum atomic E-state index is 6.14. The van der Waals surface area contributed by atoms with E-state index in [2.05, 4.69) is 44.7 Å². The molecule has 0 fully saturated rings. The SMILES string of the molecule is Cc1cccnc1-c1nc(Cl)c(Br)c(C(C)C)n1. The molecule has 94 valence electrons. The number of pyridine rings is 1. The normalized spacial score (nSPS) is 11.0. The fourth-order valence-electron chi connectivity index (χ4n) is 1.64. The fourth-order valence-corrected chi connectivity index (χ4v) is 2.46. The van der Waals surface area contributed by atoms with Crippen molar-refractivity contribution in [3.8, 4) is 11.5 Å². The molecule has 0 radical (unpaired) electrons. The van der Waals surface area contributed by atoms with Gasteiger partial charge in [0.05, 0.1) is 10.2 Å². The Bertz CT molecular complexity index is 584. The predicted octanol–water partition coefficient (Wildman–Crippen LogP) is 4.39. The minimum Gasteiger partial charge on any atom is -0.253 e. The van der Waals surface area contributed by atoms with E-state index in [-0.39, 0.29) is 5.92 Å². The highest BCUT2D eigenvalue weighted by Crippen LogP contribution is 2.31. The summed E-state index contributed by atoms with van der Waals surface area (Å²) in [6.07, 6.45) is 1.73. The molecule has 0 amide bonds. The fraction of sp³-hybridized carbons (Fsp3) is 0.308. The Hall–Kier alpha value is -1.00. The van der Waals surface area contributed by atoms with Crippen LogP contribution in [0.3, 0.4) is 0 Å². The number of hydrogen-bond acceptors (Lipinski definition) is 3. The zero-order chi connectivity index (χ0) is 13.3. The van der Waals surface area contributed by atoms with E-state index in [1.165, 1.54) is 0 Å². The first kappa shape index (κ1) is 13.4. The van der Waals surface area contributed by atoms with Gasteiger partial charge in [0.1, 0.15) is 10.8 Å². The average molecular weight is 327 g/mol. The summed E-state index contributed by atoms with van der Waals surface area (Å²) < 4.78 is 0.761. The zero-order valence-corrected chi connectivity index (χ0v) is 12.7. The van der Waals surface area contributed by atoms with Gasteiger partial charge in [0, 0.05) is 6.20 Å². The minimum atomic E-state index is 0.266. The number of halogens is 2. The van der Waals surface area contributed by atoms with E-state index in [4.69, 9.17) is 11.6 Å². The van der Waals surface area contributed by atoms with Crippen molar-refractivity contribution in [2.75, 3.05) is 0 Å². The minimum absolute atomic E-state index is 0.266. The van der Waals surface area contributed by atoms with Gasteiger partial charge in [-0.25, -0.2) is 9.97 Å². The second-order valence-electron chi connectivity index (χ2n) is 4.36. The topological polar surface area (TPSA) is 38.7 Å². The quantitative estimate of drug-likeness (QED) is 0.768. The van der Waals surface area contributed by atoms with Crippen LogP contribution in [-0.2, 0) is 0 Å². The lowest BCUT2D eigenvalue weighted by Gasteiger charge is -2.11. The predicted molar refractivity (Wildman–Crippen MR) is 76.8 cm³/mol. The van der Waals surface area contributed by atoms with Gasteiger partial charge < -0.3 is 0 Å². The lowest BCUT2D eigenvalue weighted by atomic mass is 10.1. The second-order valence-corrected chi connectivity index (χ2v) is 5.51. The number of nitrogens with zero attached hydrogens (tertiary/aromatic N) is 3. The first-order valence-corrected chi connectivity index (χ1v) is 6.82. The standard InChI is InChI=1S/C13H13BrClN3/c1-7(2)10-9(14)12(15)18-13(17-10)11-8(3)5-4-6-16-11/h4-7H,1-3H3. The van der Waals surface area contributed by atoms with Crippen LogP contribution in [0, 0.1) is 6.92 Å². The van der Waals surface area contributed by atoms with Crippen molar-refractivity contribution in [2.24, 2.45) is 0 Å². The Labute approximate surface area is 120 Å². The van der Waals surface area contributed by atoms with Gasteiger partial charge in [0.25, 0.3) is 0 Å². The molecule has 0 N–H and O–H groups in total. The van der Waals surface area contributed by atoms with E-state index < -0.39 is 0 Å². The van der Waals surface area contributed by atoms with Crippen LogP contribution in [-0.4, -0.2) is 15.0 Å². The molecule has 0 aliphatic rings. The van der Waals surface area contributed by atoms with Crippen LogP contribution >= 0.6 is 27.5 Å². The first-order valence-electron chi connectivity index (χ1n) is 5.65. The van der Waals surface area contributed by atoms with Crippen LogP contribution in [0.2, 0.25) is 5.15 Å². The van der Waals surface area contributed by atoms with Crippen molar-refractivity contribution in [2.45, 2.75) is 26.7 Å². The smallest absolute Gasteiger partial charge is 0.180 e. The van der Waals surface area contributed by atoms with Crippen molar-refractivity contribution in [1.82, 2.24) is 15.0 Å². The number of rotatable bonds is 2. The van der Waals surface area contributed by atoms with Crippen LogP contribution in [0.1, 0.15) is 31.0 Å². The molecule has 0 aliphatic carbocycles. The molecular weight excluding hydrogens is 314 g/mol. The summed E-state index contributed by atoms with van der Waals surface area (Å²) in [5.74, 6) is 0.840. The molecule has 0 aromatic carbocycles. The Morgan fingerprint density at radius 1 is 1.28 bits per heavy atom. The molecule has 0 aliphatic heterocycles. The molecule has 2 aromatic rings. The molecule has 0 atom stereocenters. The molecule has 0 bridgehead atoms. The summed E-state index contributed by atoms with van der Waals surface area (Å²) in [6.45, 7) is 6.12. The number of aryl methyl sites for hydroxylation is 1. The highest BCUT2D eigenvalue weighted by molar-refractivity contribution is 9.10. The lowest BCUT2D eigenvalue weighted by molar-refractivity contribution is 0.808. The Balaban J connectivity index is 2.63. The third-order valence-corrected chi connectivity index (χ3v) is 3.89. The summed E-state index contributed by atoms with van der Waals surface area (Å²) in [6, 6.07) is 3.87. The van der Waals surface area contributed by atoms with Crippen LogP contribution < -0.4 is 0 Å². The zero-order valence-electron chi connectivity index (χ0n) is 10.4. The maximum absolute atomic E-state index is 6.14. The van der Waals surface area contributed by atoms with Gasteiger partial charge in [-0.3, -0.25) is 4.98 Å². The van der Waals surface area contributed by atoms with Gasteiger partial charge >= 0.3 is 0 Å². The van der Waals surface area contributed by atoms with Gasteiger partial charge in [0.15, 0.2) is 5.82 Å². The summed E-state index contributed by atoms with van der Waals surface area (Å²) in [7, 11) is 0. The molecule has 5 heteroatoms. The molecule has 0 unspecified atom stereocenters. The second kappa shape index (κ2) is 5.33. The molecule has 2 aromatic heterocycles. The van der Waals surface area contributed by atoms with Crippen molar-refractivity contribution >= 4 is 27.5 Å². The van der Waals surface area contributed by atoms with Crippen molar-refractivity contribution in [1.29, 1.82) is 0 Å². The maximum Gasteiger partial charge on any atom is 0.180 e.